The highest BCUT2D eigenvalue weighted by Crippen LogP contribution is 2.49. The number of hydrogen-bond donors (Lipinski definition) is 0. The van der Waals surface area contributed by atoms with Crippen LogP contribution in [0.5, 0.6) is 0 Å². The molecule has 1 nitrogen and oxygen atoms in total. The van der Waals surface area contributed by atoms with Gasteiger partial charge in [-0.2, -0.15) is 0 Å². The minimum absolute atomic E-state index is 0.203. The molecule has 4 rings (SSSR count). The summed E-state index contributed by atoms with van der Waals surface area (Å²) in [7, 11) is 0. The molecule has 1 fully saturated rings. The Kier molecular flexibility index (Phi) is 3.14. The first-order valence-corrected chi connectivity index (χ1v) is 8.04. The zero-order chi connectivity index (χ0) is 14.2. The van der Waals surface area contributed by atoms with Crippen LogP contribution in [0, 0.1) is 5.92 Å². The van der Waals surface area contributed by atoms with Crippen molar-refractivity contribution in [2.45, 2.75) is 38.0 Å². The number of Topliss-reactive ketones (excluding diaryl/α,β-unsaturated/α-hetero) is 1. The van der Waals surface area contributed by atoms with Crippen LogP contribution in [0.3, 0.4) is 0 Å². The minimum atomic E-state index is 0.203. The van der Waals surface area contributed by atoms with Crippen molar-refractivity contribution in [2.75, 3.05) is 0 Å². The van der Waals surface area contributed by atoms with Gasteiger partial charge in [0.25, 0.3) is 0 Å². The van der Waals surface area contributed by atoms with E-state index in [2.05, 4.69) is 36.4 Å². The monoisotopic (exact) mass is 276 g/mol. The largest absolute Gasteiger partial charge is 0.294 e. The summed E-state index contributed by atoms with van der Waals surface area (Å²) < 4.78 is 0. The molecule has 0 aromatic heterocycles. The highest BCUT2D eigenvalue weighted by molar-refractivity contribution is 6.00. The van der Waals surface area contributed by atoms with Crippen LogP contribution < -0.4 is 0 Å². The van der Waals surface area contributed by atoms with Crippen molar-refractivity contribution in [3.63, 3.8) is 0 Å². The predicted molar refractivity (Wildman–Crippen MR) is 84.7 cm³/mol. The fourth-order valence-corrected chi connectivity index (χ4v) is 3.65. The third kappa shape index (κ3) is 2.42. The van der Waals surface area contributed by atoms with E-state index in [0.29, 0.717) is 11.7 Å². The van der Waals surface area contributed by atoms with Crippen molar-refractivity contribution in [3.8, 4) is 0 Å². The van der Waals surface area contributed by atoms with E-state index in [-0.39, 0.29) is 5.92 Å². The lowest BCUT2D eigenvalue weighted by Gasteiger charge is -2.16. The molecular formula is C20H20O. The molecule has 2 aromatic rings. The van der Waals surface area contributed by atoms with Crippen molar-refractivity contribution in [3.05, 3.63) is 70.8 Å². The number of fused-ring (bicyclic) bond motifs is 1. The summed E-state index contributed by atoms with van der Waals surface area (Å²) in [5, 5.41) is 0. The predicted octanol–water partition coefficient (Wildman–Crippen LogP) is 4.55. The highest BCUT2D eigenvalue weighted by Gasteiger charge is 2.43. The van der Waals surface area contributed by atoms with Crippen LogP contribution in [0.15, 0.2) is 48.5 Å². The molecule has 1 heteroatoms. The number of benzene rings is 2. The van der Waals surface area contributed by atoms with E-state index in [1.807, 2.05) is 12.1 Å². The Bertz CT molecular complexity index is 671. The zero-order valence-electron chi connectivity index (χ0n) is 12.2. The highest BCUT2D eigenvalue weighted by atomic mass is 16.1. The second-order valence-electron chi connectivity index (χ2n) is 6.41. The summed E-state index contributed by atoms with van der Waals surface area (Å²) in [6.45, 7) is 0. The first-order chi connectivity index (χ1) is 10.3. The maximum atomic E-state index is 12.7. The number of rotatable bonds is 3. The van der Waals surface area contributed by atoms with Gasteiger partial charge in [0, 0.05) is 11.5 Å². The van der Waals surface area contributed by atoms with Crippen molar-refractivity contribution in [2.24, 2.45) is 5.92 Å². The normalized spacial score (nSPS) is 23.4. The van der Waals surface area contributed by atoms with Gasteiger partial charge in [-0.1, -0.05) is 42.5 Å². The Morgan fingerprint density at radius 2 is 1.67 bits per heavy atom. The first-order valence-electron chi connectivity index (χ1n) is 8.04. The van der Waals surface area contributed by atoms with Crippen LogP contribution in [0.1, 0.15) is 52.2 Å². The maximum Gasteiger partial charge on any atom is 0.166 e. The lowest BCUT2D eigenvalue weighted by molar-refractivity contribution is 0.0965. The van der Waals surface area contributed by atoms with Gasteiger partial charge in [-0.25, -0.2) is 0 Å². The summed E-state index contributed by atoms with van der Waals surface area (Å²) in [5.41, 5.74) is 5.10. The van der Waals surface area contributed by atoms with E-state index < -0.39 is 0 Å². The molecule has 0 N–H and O–H groups in total. The fraction of sp³-hybridized carbons (Fsp3) is 0.350. The number of carbonyl (C=O) groups is 1. The number of hydrogen-bond acceptors (Lipinski definition) is 1. The van der Waals surface area contributed by atoms with Crippen molar-refractivity contribution >= 4 is 5.78 Å². The third-order valence-electron chi connectivity index (χ3n) is 4.99. The van der Waals surface area contributed by atoms with Gasteiger partial charge in [-0.15, -0.1) is 0 Å². The molecule has 1 saturated carbocycles. The third-order valence-corrected chi connectivity index (χ3v) is 4.99. The Morgan fingerprint density at radius 3 is 2.48 bits per heavy atom. The Hall–Kier alpha value is -1.89. The van der Waals surface area contributed by atoms with Crippen molar-refractivity contribution < 1.29 is 4.79 Å². The van der Waals surface area contributed by atoms with E-state index in [0.717, 1.165) is 18.4 Å². The van der Waals surface area contributed by atoms with Crippen LogP contribution >= 0.6 is 0 Å². The molecule has 0 heterocycles. The molecule has 0 aliphatic heterocycles. The van der Waals surface area contributed by atoms with Gasteiger partial charge in [-0.3, -0.25) is 4.79 Å². The first kappa shape index (κ1) is 12.8. The summed E-state index contributed by atoms with van der Waals surface area (Å²) in [6.07, 6.45) is 5.89. The lowest BCUT2D eigenvalue weighted by Crippen LogP contribution is -2.08. The number of ketones is 1. The average molecular weight is 276 g/mol. The van der Waals surface area contributed by atoms with Crippen molar-refractivity contribution in [1.29, 1.82) is 0 Å². The number of carbonyl (C=O) groups excluding carboxylic acids is 1. The van der Waals surface area contributed by atoms with Gasteiger partial charge >= 0.3 is 0 Å². The Balaban J connectivity index is 1.54. The van der Waals surface area contributed by atoms with Gasteiger partial charge in [0.1, 0.15) is 0 Å². The van der Waals surface area contributed by atoms with Crippen molar-refractivity contribution in [1.82, 2.24) is 0 Å². The van der Waals surface area contributed by atoms with E-state index in [9.17, 15) is 4.79 Å². The van der Waals surface area contributed by atoms with Gasteiger partial charge in [-0.05, 0) is 60.8 Å². The molecule has 2 aromatic carbocycles. The van der Waals surface area contributed by atoms with Crippen LogP contribution in [0.25, 0.3) is 0 Å². The van der Waals surface area contributed by atoms with Gasteiger partial charge < -0.3 is 0 Å². The topological polar surface area (TPSA) is 17.1 Å². The number of aryl methyl sites for hydroxylation is 2. The molecule has 0 saturated heterocycles. The van der Waals surface area contributed by atoms with Gasteiger partial charge in [0.15, 0.2) is 5.78 Å². The van der Waals surface area contributed by atoms with Crippen LogP contribution in [-0.4, -0.2) is 5.78 Å². The van der Waals surface area contributed by atoms with E-state index >= 15 is 0 Å². The van der Waals surface area contributed by atoms with Gasteiger partial charge in [0.05, 0.1) is 0 Å². The standard InChI is InChI=1S/C20H20O/c21-20(19-13-18(19)15-7-2-1-3-8-15)17-11-10-14-6-4-5-9-16(14)12-17/h1-3,7-8,10-12,18-19H,4-6,9,13H2. The van der Waals surface area contributed by atoms with Crippen LogP contribution in [-0.2, 0) is 12.8 Å². The summed E-state index contributed by atoms with van der Waals surface area (Å²) in [5.74, 6) is 0.987. The fourth-order valence-electron chi connectivity index (χ4n) is 3.65. The maximum absolute atomic E-state index is 12.7. The SMILES string of the molecule is O=C(c1ccc2c(c1)CCCC2)C1CC1c1ccccc1. The quantitative estimate of drug-likeness (QED) is 0.751. The molecule has 21 heavy (non-hydrogen) atoms. The zero-order valence-corrected chi connectivity index (χ0v) is 12.2. The van der Waals surface area contributed by atoms with Crippen LogP contribution in [0.4, 0.5) is 0 Å². The molecule has 0 bridgehead atoms. The molecule has 0 radical (unpaired) electrons. The van der Waals surface area contributed by atoms with Crippen LogP contribution in [0.2, 0.25) is 0 Å². The molecule has 0 spiro atoms. The average Bonchev–Trinajstić information content (AvgIpc) is 3.35. The molecule has 106 valence electrons. The summed E-state index contributed by atoms with van der Waals surface area (Å²) in [4.78, 5) is 12.7. The molecule has 2 aliphatic carbocycles. The second-order valence-corrected chi connectivity index (χ2v) is 6.41. The van der Waals surface area contributed by atoms with E-state index in [4.69, 9.17) is 0 Å². The molecule has 0 amide bonds. The van der Waals surface area contributed by atoms with E-state index in [1.165, 1.54) is 36.0 Å². The molecule has 2 aliphatic rings. The second kappa shape index (κ2) is 5.14. The molecule has 2 unspecified atom stereocenters. The molecule has 2 atom stereocenters. The minimum Gasteiger partial charge on any atom is -0.294 e. The smallest absolute Gasteiger partial charge is 0.166 e. The Morgan fingerprint density at radius 1 is 0.905 bits per heavy atom. The van der Waals surface area contributed by atoms with E-state index in [1.54, 1.807) is 0 Å². The lowest BCUT2D eigenvalue weighted by atomic mass is 9.89. The molecular weight excluding hydrogens is 256 g/mol. The summed E-state index contributed by atoms with van der Waals surface area (Å²) >= 11 is 0. The summed E-state index contributed by atoms with van der Waals surface area (Å²) in [6, 6.07) is 16.8. The Labute approximate surface area is 126 Å². The van der Waals surface area contributed by atoms with Gasteiger partial charge in [0.2, 0.25) is 0 Å².